The summed E-state index contributed by atoms with van der Waals surface area (Å²) in [4.78, 5) is 24.3. The molecule has 0 bridgehead atoms. The van der Waals surface area contributed by atoms with E-state index in [0.717, 1.165) is 5.56 Å². The van der Waals surface area contributed by atoms with Crippen molar-refractivity contribution in [2.75, 3.05) is 30.1 Å². The van der Waals surface area contributed by atoms with Gasteiger partial charge in [-0.25, -0.2) is 4.39 Å². The number of anilines is 3. The van der Waals surface area contributed by atoms with Gasteiger partial charge >= 0.3 is 0 Å². The number of methoxy groups -OCH3 is 1. The molecule has 3 aromatic carbocycles. The molecule has 0 aliphatic carbocycles. The Kier molecular flexibility index (Phi) is 7.64. The van der Waals surface area contributed by atoms with Crippen molar-refractivity contribution in [3.8, 4) is 11.5 Å². The Morgan fingerprint density at radius 2 is 1.79 bits per heavy atom. The number of para-hydroxylation sites is 1. The molecule has 3 aromatic rings. The predicted octanol–water partition coefficient (Wildman–Crippen LogP) is 4.39. The van der Waals surface area contributed by atoms with Crippen LogP contribution in [0.4, 0.5) is 21.5 Å². The summed E-state index contributed by atoms with van der Waals surface area (Å²) in [6.07, 6.45) is 2.98. The number of nitrogens with one attached hydrogen (secondary N) is 2. The number of halogens is 1. The zero-order valence-electron chi connectivity index (χ0n) is 18.2. The van der Waals surface area contributed by atoms with Crippen molar-refractivity contribution in [3.05, 3.63) is 83.7 Å². The third-order valence-electron chi connectivity index (χ3n) is 4.59. The molecule has 0 aliphatic rings. The van der Waals surface area contributed by atoms with Crippen molar-refractivity contribution in [3.63, 3.8) is 0 Å². The third-order valence-corrected chi connectivity index (χ3v) is 4.59. The van der Waals surface area contributed by atoms with E-state index in [1.54, 1.807) is 42.5 Å². The van der Waals surface area contributed by atoms with E-state index < -0.39 is 11.7 Å². The van der Waals surface area contributed by atoms with Gasteiger partial charge in [0.1, 0.15) is 5.82 Å². The number of hydrogen-bond donors (Lipinski definition) is 3. The number of amides is 2. The summed E-state index contributed by atoms with van der Waals surface area (Å²) < 4.78 is 24.5. The van der Waals surface area contributed by atoms with Crippen LogP contribution >= 0.6 is 0 Å². The van der Waals surface area contributed by atoms with Crippen LogP contribution in [0, 0.1) is 12.7 Å². The van der Waals surface area contributed by atoms with E-state index in [1.165, 1.54) is 31.4 Å². The van der Waals surface area contributed by atoms with E-state index >= 15 is 0 Å². The normalized spacial score (nSPS) is 10.6. The van der Waals surface area contributed by atoms with Crippen LogP contribution in [0.15, 0.2) is 66.7 Å². The topological polar surface area (TPSA) is 103 Å². The standard InChI is InChI=1S/C25H24FN3O4/c1-16-7-10-21(19(27)13-16)29-24(30)12-9-17-8-11-22(23(14-17)32-2)33-15-25(31)28-20-6-4-3-5-18(20)26/h3-14H,15,27H2,1-2H3,(H,28,31)(H,29,30)/b12-9+. The highest BCUT2D eigenvalue weighted by molar-refractivity contribution is 6.03. The molecule has 0 spiro atoms. The molecule has 0 aliphatic heterocycles. The van der Waals surface area contributed by atoms with Crippen molar-refractivity contribution < 1.29 is 23.5 Å². The number of nitrogens with two attached hydrogens (primary N) is 1. The fourth-order valence-electron chi connectivity index (χ4n) is 2.94. The predicted molar refractivity (Wildman–Crippen MR) is 127 cm³/mol. The third kappa shape index (κ3) is 6.57. The lowest BCUT2D eigenvalue weighted by atomic mass is 10.1. The van der Waals surface area contributed by atoms with Crippen molar-refractivity contribution in [1.82, 2.24) is 0 Å². The number of ether oxygens (including phenoxy) is 2. The number of carbonyl (C=O) groups excluding carboxylic acids is 2. The van der Waals surface area contributed by atoms with Gasteiger partial charge in [-0.3, -0.25) is 9.59 Å². The summed E-state index contributed by atoms with van der Waals surface area (Å²) in [6, 6.07) is 16.2. The van der Waals surface area contributed by atoms with Gasteiger partial charge in [0, 0.05) is 6.08 Å². The summed E-state index contributed by atoms with van der Waals surface area (Å²) in [5.41, 5.74) is 8.69. The van der Waals surface area contributed by atoms with Crippen molar-refractivity contribution in [2.45, 2.75) is 6.92 Å². The largest absolute Gasteiger partial charge is 0.493 e. The molecular formula is C25H24FN3O4. The maximum atomic E-state index is 13.6. The minimum absolute atomic E-state index is 0.0734. The monoisotopic (exact) mass is 449 g/mol. The molecule has 0 radical (unpaired) electrons. The molecule has 170 valence electrons. The molecule has 3 rings (SSSR count). The molecule has 4 N–H and O–H groups in total. The molecule has 0 heterocycles. The molecule has 0 saturated carbocycles. The fourth-order valence-corrected chi connectivity index (χ4v) is 2.94. The first-order valence-electron chi connectivity index (χ1n) is 10.1. The zero-order chi connectivity index (χ0) is 23.8. The van der Waals surface area contributed by atoms with E-state index in [9.17, 15) is 14.0 Å². The lowest BCUT2D eigenvalue weighted by Crippen LogP contribution is -2.20. The number of benzene rings is 3. The summed E-state index contributed by atoms with van der Waals surface area (Å²) >= 11 is 0. The van der Waals surface area contributed by atoms with Gasteiger partial charge in [0.25, 0.3) is 5.91 Å². The first-order chi connectivity index (χ1) is 15.9. The number of carbonyl (C=O) groups is 2. The number of aryl methyl sites for hydroxylation is 1. The van der Waals surface area contributed by atoms with Gasteiger partial charge < -0.3 is 25.8 Å². The molecular weight excluding hydrogens is 425 g/mol. The Morgan fingerprint density at radius 3 is 2.52 bits per heavy atom. The Labute approximate surface area is 191 Å². The Morgan fingerprint density at radius 1 is 1.00 bits per heavy atom. The second-order valence-electron chi connectivity index (χ2n) is 7.14. The van der Waals surface area contributed by atoms with Crippen LogP contribution < -0.4 is 25.8 Å². The SMILES string of the molecule is COc1cc(/C=C/C(=O)Nc2ccc(C)cc2N)ccc1OCC(=O)Nc1ccccc1F. The lowest BCUT2D eigenvalue weighted by molar-refractivity contribution is -0.118. The Bertz CT molecular complexity index is 1190. The van der Waals surface area contributed by atoms with Gasteiger partial charge in [0.05, 0.1) is 24.2 Å². The first kappa shape index (κ1) is 23.3. The molecule has 33 heavy (non-hydrogen) atoms. The highest BCUT2D eigenvalue weighted by Gasteiger charge is 2.10. The van der Waals surface area contributed by atoms with Crippen LogP contribution in [-0.4, -0.2) is 25.5 Å². The quantitative estimate of drug-likeness (QED) is 0.350. The second-order valence-corrected chi connectivity index (χ2v) is 7.14. The molecule has 0 saturated heterocycles. The maximum Gasteiger partial charge on any atom is 0.262 e. The molecule has 7 nitrogen and oxygen atoms in total. The van der Waals surface area contributed by atoms with E-state index in [2.05, 4.69) is 10.6 Å². The van der Waals surface area contributed by atoms with Crippen LogP contribution in [-0.2, 0) is 9.59 Å². The smallest absolute Gasteiger partial charge is 0.262 e. The number of hydrogen-bond acceptors (Lipinski definition) is 5. The molecule has 0 aromatic heterocycles. The van der Waals surface area contributed by atoms with E-state index in [0.29, 0.717) is 28.4 Å². The van der Waals surface area contributed by atoms with Gasteiger partial charge in [-0.2, -0.15) is 0 Å². The van der Waals surface area contributed by atoms with E-state index in [4.69, 9.17) is 15.2 Å². The van der Waals surface area contributed by atoms with Gasteiger partial charge in [0.15, 0.2) is 18.1 Å². The minimum atomic E-state index is -0.534. The molecule has 0 fully saturated rings. The number of nitrogen functional groups attached to an aromatic ring is 1. The summed E-state index contributed by atoms with van der Waals surface area (Å²) in [6.45, 7) is 1.58. The number of rotatable bonds is 8. The second kappa shape index (κ2) is 10.8. The van der Waals surface area contributed by atoms with Crippen molar-refractivity contribution in [2.24, 2.45) is 0 Å². The Balaban J connectivity index is 1.60. The van der Waals surface area contributed by atoms with Crippen LogP contribution in [0.1, 0.15) is 11.1 Å². The van der Waals surface area contributed by atoms with Gasteiger partial charge in [-0.05, 0) is 60.5 Å². The van der Waals surface area contributed by atoms with Crippen molar-refractivity contribution >= 4 is 35.0 Å². The van der Waals surface area contributed by atoms with E-state index in [-0.39, 0.29) is 18.2 Å². The zero-order valence-corrected chi connectivity index (χ0v) is 18.2. The van der Waals surface area contributed by atoms with Crippen LogP contribution in [0.2, 0.25) is 0 Å². The summed E-state index contributed by atoms with van der Waals surface area (Å²) in [5, 5.41) is 5.17. The van der Waals surface area contributed by atoms with Crippen molar-refractivity contribution in [1.29, 1.82) is 0 Å². The first-order valence-corrected chi connectivity index (χ1v) is 10.1. The molecule has 2 amide bonds. The van der Waals surface area contributed by atoms with Gasteiger partial charge in [-0.1, -0.05) is 24.3 Å². The van der Waals surface area contributed by atoms with E-state index in [1.807, 2.05) is 13.0 Å². The highest BCUT2D eigenvalue weighted by Crippen LogP contribution is 2.28. The molecule has 8 heteroatoms. The average molecular weight is 449 g/mol. The highest BCUT2D eigenvalue weighted by atomic mass is 19.1. The van der Waals surface area contributed by atoms with Crippen LogP contribution in [0.5, 0.6) is 11.5 Å². The fraction of sp³-hybridized carbons (Fsp3) is 0.120. The van der Waals surface area contributed by atoms with Crippen LogP contribution in [0.25, 0.3) is 6.08 Å². The average Bonchev–Trinajstić information content (AvgIpc) is 2.80. The Hall–Kier alpha value is -4.33. The lowest BCUT2D eigenvalue weighted by Gasteiger charge is -2.12. The maximum absolute atomic E-state index is 13.6. The van der Waals surface area contributed by atoms with Gasteiger partial charge in [0.2, 0.25) is 5.91 Å². The van der Waals surface area contributed by atoms with Gasteiger partial charge in [-0.15, -0.1) is 0 Å². The summed E-state index contributed by atoms with van der Waals surface area (Å²) in [5.74, 6) is -0.684. The van der Waals surface area contributed by atoms with Crippen LogP contribution in [0.3, 0.4) is 0 Å². The summed E-state index contributed by atoms with van der Waals surface area (Å²) in [7, 11) is 1.46. The minimum Gasteiger partial charge on any atom is -0.493 e. The molecule has 0 unspecified atom stereocenters. The molecule has 0 atom stereocenters.